The van der Waals surface area contributed by atoms with E-state index in [0.29, 0.717) is 34.2 Å². The summed E-state index contributed by atoms with van der Waals surface area (Å²) in [5, 5.41) is 2.82. The molecule has 2 aromatic carbocycles. The number of amides is 1. The molecule has 1 amide bonds. The normalized spacial score (nSPS) is 11.6. The van der Waals surface area contributed by atoms with E-state index in [1.165, 1.54) is 0 Å². The van der Waals surface area contributed by atoms with Gasteiger partial charge in [0.25, 0.3) is 5.91 Å². The van der Waals surface area contributed by atoms with E-state index in [-0.39, 0.29) is 11.5 Å². The maximum Gasteiger partial charge on any atom is 0.274 e. The first-order valence-corrected chi connectivity index (χ1v) is 10.1. The largest absolute Gasteiger partial charge is 0.397 e. The number of nitrogens with zero attached hydrogens (tertiary/aromatic N) is 4. The van der Waals surface area contributed by atoms with Gasteiger partial charge in [-0.1, -0.05) is 36.4 Å². The van der Waals surface area contributed by atoms with Gasteiger partial charge in [0.15, 0.2) is 11.5 Å². The lowest BCUT2D eigenvalue weighted by molar-refractivity contribution is 0.0934. The summed E-state index contributed by atoms with van der Waals surface area (Å²) in [5.74, 6) is 5.58. The van der Waals surface area contributed by atoms with Crippen molar-refractivity contribution < 1.29 is 4.79 Å². The molecule has 0 saturated heterocycles. The fourth-order valence-corrected chi connectivity index (χ4v) is 3.31. The van der Waals surface area contributed by atoms with Gasteiger partial charge in [-0.05, 0) is 25.1 Å². The Balaban J connectivity index is 1.80. The molecule has 8 N–H and O–H groups in total. The average Bonchev–Trinajstić information content (AvgIpc) is 2.85. The maximum absolute atomic E-state index is 13.1. The Morgan fingerprint density at radius 3 is 2.30 bits per heavy atom. The number of aromatic nitrogens is 4. The molecule has 4 rings (SSSR count). The van der Waals surface area contributed by atoms with E-state index in [2.05, 4.69) is 30.7 Å². The third kappa shape index (κ3) is 4.55. The van der Waals surface area contributed by atoms with Crippen molar-refractivity contribution in [3.63, 3.8) is 0 Å². The van der Waals surface area contributed by atoms with Crippen LogP contribution in [-0.2, 0) is 0 Å². The van der Waals surface area contributed by atoms with Crippen LogP contribution in [0.15, 0.2) is 67.0 Å². The van der Waals surface area contributed by atoms with Crippen LogP contribution in [0.1, 0.15) is 29.3 Å². The fourth-order valence-electron chi connectivity index (χ4n) is 3.31. The van der Waals surface area contributed by atoms with E-state index in [1.807, 2.05) is 30.3 Å². The number of nitrogen functional groups attached to an aromatic ring is 3. The minimum Gasteiger partial charge on any atom is -0.397 e. The zero-order chi connectivity index (χ0) is 23.4. The van der Waals surface area contributed by atoms with Gasteiger partial charge in [-0.15, -0.1) is 0 Å². The quantitative estimate of drug-likeness (QED) is 0.171. The number of hydrogen-bond donors (Lipinski definition) is 5. The van der Waals surface area contributed by atoms with E-state index < -0.39 is 11.9 Å². The number of hydrogen-bond acceptors (Lipinski definition) is 9. The molecule has 10 nitrogen and oxygen atoms in total. The molecule has 0 spiro atoms. The first-order valence-electron chi connectivity index (χ1n) is 10.1. The second kappa shape index (κ2) is 9.28. The van der Waals surface area contributed by atoms with Gasteiger partial charge < -0.3 is 22.2 Å². The van der Waals surface area contributed by atoms with Gasteiger partial charge in [-0.3, -0.25) is 10.6 Å². The molecule has 4 aromatic rings. The zero-order valence-corrected chi connectivity index (χ0v) is 17.9. The highest BCUT2D eigenvalue weighted by molar-refractivity contribution is 5.98. The van der Waals surface area contributed by atoms with Crippen molar-refractivity contribution in [3.8, 4) is 22.5 Å². The molecule has 2 aromatic heterocycles. The van der Waals surface area contributed by atoms with E-state index >= 15 is 0 Å². The number of rotatable bonds is 6. The van der Waals surface area contributed by atoms with Crippen LogP contribution in [0.3, 0.4) is 0 Å². The first kappa shape index (κ1) is 21.7. The van der Waals surface area contributed by atoms with Crippen LogP contribution >= 0.6 is 0 Å². The summed E-state index contributed by atoms with van der Waals surface area (Å²) in [6.45, 7) is 1.77. The molecule has 2 heterocycles. The van der Waals surface area contributed by atoms with Gasteiger partial charge in [0.05, 0.1) is 28.8 Å². The average molecular weight is 441 g/mol. The second-order valence-corrected chi connectivity index (χ2v) is 7.27. The smallest absolute Gasteiger partial charge is 0.274 e. The van der Waals surface area contributed by atoms with E-state index in [1.54, 1.807) is 43.6 Å². The minimum absolute atomic E-state index is 0.00361. The molecule has 1 atom stereocenters. The summed E-state index contributed by atoms with van der Waals surface area (Å²) in [6, 6.07) is 15.9. The van der Waals surface area contributed by atoms with E-state index in [0.717, 1.165) is 5.56 Å². The Morgan fingerprint density at radius 1 is 0.909 bits per heavy atom. The minimum atomic E-state index is -0.492. The molecular formula is C23H23N9O. The number of carbonyl (C=O) groups is 1. The highest BCUT2D eigenvalue weighted by Gasteiger charge is 2.22. The lowest BCUT2D eigenvalue weighted by Gasteiger charge is -2.16. The number of hydrazine groups is 1. The van der Waals surface area contributed by atoms with Crippen LogP contribution in [0.4, 0.5) is 17.2 Å². The Bertz CT molecular complexity index is 1280. The summed E-state index contributed by atoms with van der Waals surface area (Å²) < 4.78 is 0. The Hall–Kier alpha value is -4.57. The Morgan fingerprint density at radius 2 is 1.61 bits per heavy atom. The van der Waals surface area contributed by atoms with Gasteiger partial charge in [-0.25, -0.2) is 19.9 Å². The van der Waals surface area contributed by atoms with Crippen LogP contribution in [0.5, 0.6) is 0 Å². The van der Waals surface area contributed by atoms with Crippen LogP contribution in [-0.4, -0.2) is 25.8 Å². The van der Waals surface area contributed by atoms with Crippen LogP contribution in [0, 0.1) is 0 Å². The highest BCUT2D eigenvalue weighted by Crippen LogP contribution is 2.33. The van der Waals surface area contributed by atoms with Crippen molar-refractivity contribution in [3.05, 3.63) is 78.5 Å². The summed E-state index contributed by atoms with van der Waals surface area (Å²) in [5.41, 5.74) is 18.1. The lowest BCUT2D eigenvalue weighted by atomic mass is 10.0. The molecule has 0 aliphatic carbocycles. The number of benzene rings is 2. The van der Waals surface area contributed by atoms with Crippen molar-refractivity contribution in [1.29, 1.82) is 0 Å². The third-order valence-corrected chi connectivity index (χ3v) is 4.99. The number of carbonyl (C=O) groups excluding carboxylic acids is 1. The standard InChI is InChI=1S/C23H23N9O/c1-13(22-27-10-5-11-28-22)29-23(33)20-21(25)31-18(14-6-3-2-4-7-14)19(30-20)15-8-9-16(24)17(12-15)32-26/h2-13,32H,24,26H2,1H3,(H2,25,31)(H,29,33). The molecule has 0 fully saturated rings. The van der Waals surface area contributed by atoms with Crippen LogP contribution in [0.2, 0.25) is 0 Å². The lowest BCUT2D eigenvalue weighted by Crippen LogP contribution is -2.29. The summed E-state index contributed by atoms with van der Waals surface area (Å²) in [7, 11) is 0. The Kier molecular flexibility index (Phi) is 6.09. The summed E-state index contributed by atoms with van der Waals surface area (Å²) in [6.07, 6.45) is 3.21. The zero-order valence-electron chi connectivity index (χ0n) is 17.9. The van der Waals surface area contributed by atoms with E-state index in [4.69, 9.17) is 17.3 Å². The van der Waals surface area contributed by atoms with E-state index in [9.17, 15) is 4.79 Å². The molecule has 10 heteroatoms. The molecule has 33 heavy (non-hydrogen) atoms. The molecule has 0 saturated carbocycles. The molecular weight excluding hydrogens is 418 g/mol. The van der Waals surface area contributed by atoms with Crippen LogP contribution < -0.4 is 28.1 Å². The number of nitrogens with one attached hydrogen (secondary N) is 2. The molecule has 0 aliphatic heterocycles. The molecule has 0 bridgehead atoms. The second-order valence-electron chi connectivity index (χ2n) is 7.27. The van der Waals surface area contributed by atoms with Crippen molar-refractivity contribution in [2.45, 2.75) is 13.0 Å². The number of anilines is 3. The molecule has 0 aliphatic rings. The summed E-state index contributed by atoms with van der Waals surface area (Å²) in [4.78, 5) is 30.6. The number of nitrogens with two attached hydrogens (primary N) is 3. The highest BCUT2D eigenvalue weighted by atomic mass is 16.2. The maximum atomic E-state index is 13.1. The Labute approximate surface area is 190 Å². The van der Waals surface area contributed by atoms with Crippen molar-refractivity contribution in [1.82, 2.24) is 25.3 Å². The molecule has 1 unspecified atom stereocenters. The van der Waals surface area contributed by atoms with Gasteiger partial charge in [0.2, 0.25) is 0 Å². The first-order chi connectivity index (χ1) is 16.0. The monoisotopic (exact) mass is 441 g/mol. The third-order valence-electron chi connectivity index (χ3n) is 4.99. The van der Waals surface area contributed by atoms with Gasteiger partial charge in [0, 0.05) is 23.5 Å². The molecule has 166 valence electrons. The van der Waals surface area contributed by atoms with Crippen molar-refractivity contribution in [2.24, 2.45) is 5.84 Å². The van der Waals surface area contributed by atoms with Gasteiger partial charge in [0.1, 0.15) is 5.82 Å². The van der Waals surface area contributed by atoms with Crippen molar-refractivity contribution in [2.75, 3.05) is 16.9 Å². The van der Waals surface area contributed by atoms with Crippen LogP contribution in [0.25, 0.3) is 22.5 Å². The summed E-state index contributed by atoms with van der Waals surface area (Å²) >= 11 is 0. The topological polar surface area (TPSA) is 171 Å². The SMILES string of the molecule is CC(NC(=O)c1nc(-c2ccc(N)c(NN)c2)c(-c2ccccc2)nc1N)c1ncccn1. The van der Waals surface area contributed by atoms with Crippen molar-refractivity contribution >= 4 is 23.1 Å². The molecule has 0 radical (unpaired) electrons. The fraction of sp³-hybridized carbons (Fsp3) is 0.0870. The van der Waals surface area contributed by atoms with Gasteiger partial charge >= 0.3 is 0 Å². The predicted octanol–water partition coefficient (Wildman–Crippen LogP) is 2.54. The predicted molar refractivity (Wildman–Crippen MR) is 127 cm³/mol. The van der Waals surface area contributed by atoms with Gasteiger partial charge in [-0.2, -0.15) is 0 Å².